The van der Waals surface area contributed by atoms with Gasteiger partial charge in [0.15, 0.2) is 5.82 Å². The molecule has 0 saturated heterocycles. The molecule has 0 radical (unpaired) electrons. The van der Waals surface area contributed by atoms with E-state index in [1.807, 2.05) is 0 Å². The molecular formula is C11H15N7O2. The molecule has 0 saturated carbocycles. The Morgan fingerprint density at radius 2 is 2.20 bits per heavy atom. The van der Waals surface area contributed by atoms with Gasteiger partial charge in [0.1, 0.15) is 17.7 Å². The molecule has 106 valence electrons. The predicted molar refractivity (Wildman–Crippen MR) is 74.1 cm³/mol. The van der Waals surface area contributed by atoms with Crippen molar-refractivity contribution in [1.82, 2.24) is 14.8 Å². The standard InChI is InChI=1S/C11H15N7O2/c1-17-7-14-10(16-17)5-6-13-8-3-2-4-9(15-12)11(8)18(19)20/h2-4,7,13,15H,5-6,12H2,1H3. The van der Waals surface area contributed by atoms with Gasteiger partial charge in [0.05, 0.1) is 4.92 Å². The Balaban J connectivity index is 2.07. The molecule has 0 fully saturated rings. The molecule has 2 aromatic rings. The number of hydrogen-bond donors (Lipinski definition) is 3. The molecular weight excluding hydrogens is 262 g/mol. The predicted octanol–water partition coefficient (Wildman–Crippen LogP) is 0.663. The highest BCUT2D eigenvalue weighted by Crippen LogP contribution is 2.31. The van der Waals surface area contributed by atoms with Gasteiger partial charge < -0.3 is 10.7 Å². The van der Waals surface area contributed by atoms with Crippen LogP contribution in [0, 0.1) is 10.1 Å². The summed E-state index contributed by atoms with van der Waals surface area (Å²) >= 11 is 0. The molecule has 20 heavy (non-hydrogen) atoms. The number of hydrogen-bond acceptors (Lipinski definition) is 7. The Morgan fingerprint density at radius 1 is 1.45 bits per heavy atom. The SMILES string of the molecule is Cn1cnc(CCNc2cccc(NN)c2[N+](=O)[O-])n1. The van der Waals surface area contributed by atoms with Crippen LogP contribution in [0.15, 0.2) is 24.5 Å². The van der Waals surface area contributed by atoms with Gasteiger partial charge in [-0.1, -0.05) is 6.07 Å². The molecule has 0 bridgehead atoms. The van der Waals surface area contributed by atoms with Crippen molar-refractivity contribution >= 4 is 17.1 Å². The summed E-state index contributed by atoms with van der Waals surface area (Å²) in [4.78, 5) is 14.7. The number of rotatable bonds is 6. The summed E-state index contributed by atoms with van der Waals surface area (Å²) in [6, 6.07) is 4.86. The lowest BCUT2D eigenvalue weighted by atomic mass is 10.2. The smallest absolute Gasteiger partial charge is 0.316 e. The van der Waals surface area contributed by atoms with Crippen LogP contribution in [0.5, 0.6) is 0 Å². The number of benzene rings is 1. The molecule has 0 aliphatic rings. The first-order valence-electron chi connectivity index (χ1n) is 5.94. The highest BCUT2D eigenvalue weighted by molar-refractivity contribution is 5.75. The van der Waals surface area contributed by atoms with Gasteiger partial charge in [-0.3, -0.25) is 20.6 Å². The average Bonchev–Trinajstić information content (AvgIpc) is 2.83. The molecule has 0 atom stereocenters. The number of aromatic nitrogens is 3. The van der Waals surface area contributed by atoms with Gasteiger partial charge in [0.25, 0.3) is 0 Å². The Hall–Kier alpha value is -2.68. The van der Waals surface area contributed by atoms with E-state index in [1.54, 1.807) is 36.3 Å². The van der Waals surface area contributed by atoms with E-state index in [0.29, 0.717) is 24.5 Å². The number of nitrogens with two attached hydrogens (primary N) is 1. The van der Waals surface area contributed by atoms with E-state index in [1.165, 1.54) is 0 Å². The summed E-state index contributed by atoms with van der Waals surface area (Å²) in [6.07, 6.45) is 2.18. The van der Waals surface area contributed by atoms with Gasteiger partial charge in [0, 0.05) is 20.0 Å². The highest BCUT2D eigenvalue weighted by Gasteiger charge is 2.18. The molecule has 0 aliphatic heterocycles. The zero-order valence-corrected chi connectivity index (χ0v) is 10.9. The van der Waals surface area contributed by atoms with Gasteiger partial charge in [-0.15, -0.1) is 0 Å². The van der Waals surface area contributed by atoms with E-state index in [0.717, 1.165) is 0 Å². The van der Waals surface area contributed by atoms with E-state index < -0.39 is 4.92 Å². The van der Waals surface area contributed by atoms with Crippen LogP contribution in [-0.2, 0) is 13.5 Å². The lowest BCUT2D eigenvalue weighted by Crippen LogP contribution is -2.12. The Kier molecular flexibility index (Phi) is 4.11. The van der Waals surface area contributed by atoms with Crippen molar-refractivity contribution in [2.45, 2.75) is 6.42 Å². The van der Waals surface area contributed by atoms with Gasteiger partial charge in [-0.2, -0.15) is 5.10 Å². The van der Waals surface area contributed by atoms with E-state index >= 15 is 0 Å². The number of nitro benzene ring substituents is 1. The average molecular weight is 277 g/mol. The Morgan fingerprint density at radius 3 is 2.80 bits per heavy atom. The Bertz CT molecular complexity index is 611. The number of anilines is 2. The minimum Gasteiger partial charge on any atom is -0.379 e. The minimum absolute atomic E-state index is 0.0796. The van der Waals surface area contributed by atoms with E-state index in [4.69, 9.17) is 5.84 Å². The molecule has 1 aromatic heterocycles. The normalized spacial score (nSPS) is 10.3. The van der Waals surface area contributed by atoms with Crippen LogP contribution >= 0.6 is 0 Å². The first kappa shape index (κ1) is 13.7. The number of hydrazine groups is 1. The Labute approximate surface area is 114 Å². The highest BCUT2D eigenvalue weighted by atomic mass is 16.6. The molecule has 0 unspecified atom stereocenters. The minimum atomic E-state index is -0.476. The van der Waals surface area contributed by atoms with Crippen molar-refractivity contribution in [3.63, 3.8) is 0 Å². The van der Waals surface area contributed by atoms with Crippen LogP contribution in [0.25, 0.3) is 0 Å². The van der Waals surface area contributed by atoms with E-state index in [2.05, 4.69) is 20.8 Å². The fourth-order valence-electron chi connectivity index (χ4n) is 1.81. The van der Waals surface area contributed by atoms with Crippen LogP contribution in [-0.4, -0.2) is 26.2 Å². The second-order valence-corrected chi connectivity index (χ2v) is 4.11. The quantitative estimate of drug-likeness (QED) is 0.402. The van der Waals surface area contributed by atoms with Crippen molar-refractivity contribution in [1.29, 1.82) is 0 Å². The van der Waals surface area contributed by atoms with Crippen molar-refractivity contribution in [3.05, 3.63) is 40.5 Å². The van der Waals surface area contributed by atoms with Crippen LogP contribution in [0.3, 0.4) is 0 Å². The molecule has 0 spiro atoms. The van der Waals surface area contributed by atoms with E-state index in [9.17, 15) is 10.1 Å². The van der Waals surface area contributed by atoms with E-state index in [-0.39, 0.29) is 11.4 Å². The van der Waals surface area contributed by atoms with Crippen LogP contribution in [0.4, 0.5) is 17.1 Å². The molecule has 9 heteroatoms. The number of nitrogens with one attached hydrogen (secondary N) is 2. The maximum Gasteiger partial charge on any atom is 0.316 e. The van der Waals surface area contributed by atoms with Gasteiger partial charge in [-0.05, 0) is 12.1 Å². The maximum absolute atomic E-state index is 11.1. The summed E-state index contributed by atoms with van der Waals surface area (Å²) in [5.41, 5.74) is 2.90. The third-order valence-corrected chi connectivity index (χ3v) is 2.69. The number of para-hydroxylation sites is 1. The largest absolute Gasteiger partial charge is 0.379 e. The maximum atomic E-state index is 11.1. The summed E-state index contributed by atoms with van der Waals surface area (Å²) in [5, 5.41) is 18.2. The number of nitrogen functional groups attached to an aromatic ring is 1. The third kappa shape index (κ3) is 3.01. The molecule has 0 amide bonds. The lowest BCUT2D eigenvalue weighted by molar-refractivity contribution is -0.383. The van der Waals surface area contributed by atoms with Crippen LogP contribution in [0.2, 0.25) is 0 Å². The molecule has 4 N–H and O–H groups in total. The lowest BCUT2D eigenvalue weighted by Gasteiger charge is -2.08. The molecule has 0 aliphatic carbocycles. The molecule has 1 aromatic carbocycles. The summed E-state index contributed by atoms with van der Waals surface area (Å²) in [5.74, 6) is 5.95. The van der Waals surface area contributed by atoms with Crippen molar-refractivity contribution < 1.29 is 4.92 Å². The number of nitro groups is 1. The first-order valence-corrected chi connectivity index (χ1v) is 5.94. The van der Waals surface area contributed by atoms with Gasteiger partial charge in [0.2, 0.25) is 0 Å². The van der Waals surface area contributed by atoms with Crippen molar-refractivity contribution in [2.24, 2.45) is 12.9 Å². The van der Waals surface area contributed by atoms with Crippen molar-refractivity contribution in [3.8, 4) is 0 Å². The fourth-order valence-corrected chi connectivity index (χ4v) is 1.81. The number of nitrogens with zero attached hydrogens (tertiary/aromatic N) is 4. The van der Waals surface area contributed by atoms with Crippen molar-refractivity contribution in [2.75, 3.05) is 17.3 Å². The van der Waals surface area contributed by atoms with Gasteiger partial charge in [-0.25, -0.2) is 4.98 Å². The zero-order chi connectivity index (χ0) is 14.5. The number of aryl methyl sites for hydroxylation is 1. The topological polar surface area (TPSA) is 124 Å². The second kappa shape index (κ2) is 5.97. The van der Waals surface area contributed by atoms with Gasteiger partial charge >= 0.3 is 5.69 Å². The molecule has 9 nitrogen and oxygen atoms in total. The second-order valence-electron chi connectivity index (χ2n) is 4.11. The zero-order valence-electron chi connectivity index (χ0n) is 10.9. The first-order chi connectivity index (χ1) is 9.61. The van der Waals surface area contributed by atoms with Crippen LogP contribution in [0.1, 0.15) is 5.82 Å². The molecule has 1 heterocycles. The third-order valence-electron chi connectivity index (χ3n) is 2.69. The summed E-state index contributed by atoms with van der Waals surface area (Å²) in [7, 11) is 1.78. The van der Waals surface area contributed by atoms with Crippen LogP contribution < -0.4 is 16.6 Å². The molecule has 2 rings (SSSR count). The monoisotopic (exact) mass is 277 g/mol. The fraction of sp³-hybridized carbons (Fsp3) is 0.273. The summed E-state index contributed by atoms with van der Waals surface area (Å²) in [6.45, 7) is 0.485. The summed E-state index contributed by atoms with van der Waals surface area (Å²) < 4.78 is 1.61.